The highest BCUT2D eigenvalue weighted by Gasteiger charge is 2.35. The quantitative estimate of drug-likeness (QED) is 0.494. The number of fused-ring (bicyclic) bond motifs is 1. The van der Waals surface area contributed by atoms with Crippen LogP contribution in [0.4, 0.5) is 18.0 Å². The maximum atomic E-state index is 12.9. The predicted molar refractivity (Wildman–Crippen MR) is 118 cm³/mol. The SMILES string of the molecule is CC(C)(C)OC(=O)NC1C=C[C@H](C(=O)N2CCc3ncc(C(F)(F)F)cc3C2)C1.CCS. The third-order valence-electron chi connectivity index (χ3n) is 4.78. The van der Waals surface area contributed by atoms with Crippen molar-refractivity contribution < 1.29 is 27.5 Å². The van der Waals surface area contributed by atoms with Crippen LogP contribution < -0.4 is 5.32 Å². The van der Waals surface area contributed by atoms with Gasteiger partial charge in [-0.05, 0) is 44.6 Å². The van der Waals surface area contributed by atoms with Crippen molar-refractivity contribution in [1.29, 1.82) is 0 Å². The van der Waals surface area contributed by atoms with Crippen LogP contribution in [0, 0.1) is 5.92 Å². The Kier molecular flexibility index (Phi) is 8.61. The second kappa shape index (κ2) is 10.6. The molecular weight excluding hydrogens is 443 g/mol. The van der Waals surface area contributed by atoms with E-state index in [1.54, 1.807) is 37.8 Å². The first kappa shape index (κ1) is 26.0. The van der Waals surface area contributed by atoms with E-state index in [2.05, 4.69) is 22.9 Å². The summed E-state index contributed by atoms with van der Waals surface area (Å²) in [6.07, 6.45) is 0.0829. The lowest BCUT2D eigenvalue weighted by atomic mass is 10.0. The number of hydrogen-bond acceptors (Lipinski definition) is 5. The van der Waals surface area contributed by atoms with Gasteiger partial charge < -0.3 is 15.0 Å². The summed E-state index contributed by atoms with van der Waals surface area (Å²) in [5.74, 6) is 0.341. The Labute approximate surface area is 192 Å². The molecule has 1 aliphatic carbocycles. The number of amides is 2. The van der Waals surface area contributed by atoms with Gasteiger partial charge in [0.1, 0.15) is 5.60 Å². The lowest BCUT2D eigenvalue weighted by Crippen LogP contribution is -2.41. The Balaban J connectivity index is 0.00000114. The molecule has 2 atom stereocenters. The van der Waals surface area contributed by atoms with E-state index in [1.807, 2.05) is 6.92 Å². The number of carbonyl (C=O) groups is 2. The van der Waals surface area contributed by atoms with Crippen LogP contribution in [-0.2, 0) is 28.7 Å². The second-order valence-electron chi connectivity index (χ2n) is 8.63. The first-order valence-electron chi connectivity index (χ1n) is 10.5. The van der Waals surface area contributed by atoms with Crippen LogP contribution >= 0.6 is 12.6 Å². The Morgan fingerprint density at radius 2 is 1.94 bits per heavy atom. The molecule has 1 aromatic heterocycles. The number of alkyl carbamates (subject to hydrolysis) is 1. The fourth-order valence-corrected chi connectivity index (χ4v) is 3.45. The van der Waals surface area contributed by atoms with Crippen molar-refractivity contribution in [2.24, 2.45) is 5.92 Å². The second-order valence-corrected chi connectivity index (χ2v) is 9.27. The van der Waals surface area contributed by atoms with Crippen molar-refractivity contribution >= 4 is 24.6 Å². The number of rotatable bonds is 2. The predicted octanol–water partition coefficient (Wildman–Crippen LogP) is 4.39. The molecule has 0 spiro atoms. The van der Waals surface area contributed by atoms with Gasteiger partial charge in [0.2, 0.25) is 5.91 Å². The van der Waals surface area contributed by atoms with Crippen LogP contribution in [0.15, 0.2) is 24.4 Å². The number of nitrogens with one attached hydrogen (secondary N) is 1. The van der Waals surface area contributed by atoms with Crippen LogP contribution in [0.1, 0.15) is 50.9 Å². The van der Waals surface area contributed by atoms with Gasteiger partial charge in [-0.15, -0.1) is 0 Å². The number of halogens is 3. The summed E-state index contributed by atoms with van der Waals surface area (Å²) in [6, 6.07) is 0.744. The molecule has 1 aliphatic heterocycles. The van der Waals surface area contributed by atoms with Crippen LogP contribution in [-0.4, -0.2) is 45.8 Å². The molecular formula is C22H30F3N3O3S. The van der Waals surface area contributed by atoms with Crippen molar-refractivity contribution in [1.82, 2.24) is 15.2 Å². The molecule has 32 heavy (non-hydrogen) atoms. The molecule has 0 saturated carbocycles. The maximum Gasteiger partial charge on any atom is 0.417 e. The zero-order chi connectivity index (χ0) is 24.1. The number of alkyl halides is 3. The highest BCUT2D eigenvalue weighted by atomic mass is 32.1. The highest BCUT2D eigenvalue weighted by molar-refractivity contribution is 7.80. The van der Waals surface area contributed by atoms with Crippen molar-refractivity contribution in [3.8, 4) is 0 Å². The molecule has 2 aliphatic rings. The third-order valence-corrected chi connectivity index (χ3v) is 4.78. The molecule has 0 saturated heterocycles. The number of carbonyl (C=O) groups excluding carboxylic acids is 2. The summed E-state index contributed by atoms with van der Waals surface area (Å²) < 4.78 is 44.0. The zero-order valence-electron chi connectivity index (χ0n) is 18.7. The number of ether oxygens (including phenoxy) is 1. The van der Waals surface area contributed by atoms with Gasteiger partial charge in [0.05, 0.1) is 17.5 Å². The molecule has 1 aromatic rings. The van der Waals surface area contributed by atoms with E-state index >= 15 is 0 Å². The first-order chi connectivity index (χ1) is 14.8. The van der Waals surface area contributed by atoms with E-state index in [1.165, 1.54) is 0 Å². The summed E-state index contributed by atoms with van der Waals surface area (Å²) in [6.45, 7) is 7.77. The molecule has 0 aromatic carbocycles. The van der Waals surface area contributed by atoms with Crippen molar-refractivity contribution in [2.75, 3.05) is 12.3 Å². The summed E-state index contributed by atoms with van der Waals surface area (Å²) in [5, 5.41) is 2.71. The lowest BCUT2D eigenvalue weighted by molar-refractivity contribution is -0.137. The average molecular weight is 474 g/mol. The molecule has 0 fully saturated rings. The van der Waals surface area contributed by atoms with E-state index in [0.29, 0.717) is 30.6 Å². The minimum Gasteiger partial charge on any atom is -0.444 e. The monoisotopic (exact) mass is 473 g/mol. The first-order valence-corrected chi connectivity index (χ1v) is 11.1. The van der Waals surface area contributed by atoms with Crippen molar-refractivity contribution in [3.05, 3.63) is 41.2 Å². The van der Waals surface area contributed by atoms with Crippen LogP contribution in [0.3, 0.4) is 0 Å². The van der Waals surface area contributed by atoms with Gasteiger partial charge in [0.25, 0.3) is 0 Å². The Morgan fingerprint density at radius 1 is 1.28 bits per heavy atom. The van der Waals surface area contributed by atoms with Crippen LogP contribution in [0.5, 0.6) is 0 Å². The van der Waals surface area contributed by atoms with E-state index in [-0.39, 0.29) is 18.5 Å². The van der Waals surface area contributed by atoms with E-state index in [9.17, 15) is 22.8 Å². The molecule has 3 rings (SSSR count). The van der Waals surface area contributed by atoms with Gasteiger partial charge in [0, 0.05) is 31.4 Å². The minimum atomic E-state index is -4.47. The van der Waals surface area contributed by atoms with Gasteiger partial charge in [-0.25, -0.2) is 4.79 Å². The largest absolute Gasteiger partial charge is 0.444 e. The Hall–Kier alpha value is -2.23. The van der Waals surface area contributed by atoms with Gasteiger partial charge in [-0.1, -0.05) is 19.1 Å². The lowest BCUT2D eigenvalue weighted by Gasteiger charge is -2.30. The van der Waals surface area contributed by atoms with E-state index < -0.39 is 29.4 Å². The molecule has 2 amide bonds. The zero-order valence-corrected chi connectivity index (χ0v) is 19.6. The maximum absolute atomic E-state index is 12.9. The Morgan fingerprint density at radius 3 is 2.53 bits per heavy atom. The number of hydrogen-bond donors (Lipinski definition) is 2. The normalized spacial score (nSPS) is 20.2. The molecule has 10 heteroatoms. The van der Waals surface area contributed by atoms with Gasteiger partial charge in [0.15, 0.2) is 0 Å². The summed E-state index contributed by atoms with van der Waals surface area (Å²) in [5.41, 5.74) is -0.419. The third kappa shape index (κ3) is 7.43. The van der Waals surface area contributed by atoms with Crippen LogP contribution in [0.2, 0.25) is 0 Å². The van der Waals surface area contributed by atoms with Crippen molar-refractivity contribution in [2.45, 2.75) is 64.9 Å². The molecule has 0 radical (unpaired) electrons. The molecule has 1 N–H and O–H groups in total. The number of nitrogens with zero attached hydrogens (tertiary/aromatic N) is 2. The van der Waals surface area contributed by atoms with Gasteiger partial charge in [-0.2, -0.15) is 25.8 Å². The molecule has 6 nitrogen and oxygen atoms in total. The fraction of sp³-hybridized carbons (Fsp3) is 0.591. The molecule has 2 heterocycles. The molecule has 178 valence electrons. The van der Waals surface area contributed by atoms with Crippen molar-refractivity contribution in [3.63, 3.8) is 0 Å². The summed E-state index contributed by atoms with van der Waals surface area (Å²) in [4.78, 5) is 30.2. The minimum absolute atomic E-state index is 0.0968. The van der Waals surface area contributed by atoms with Crippen LogP contribution in [0.25, 0.3) is 0 Å². The fourth-order valence-electron chi connectivity index (χ4n) is 3.45. The Bertz CT molecular complexity index is 853. The highest BCUT2D eigenvalue weighted by Crippen LogP contribution is 2.31. The summed E-state index contributed by atoms with van der Waals surface area (Å²) in [7, 11) is 0. The average Bonchev–Trinajstić information content (AvgIpc) is 3.13. The number of thiol groups is 1. The van der Waals surface area contributed by atoms with Gasteiger partial charge in [-0.3, -0.25) is 9.78 Å². The van der Waals surface area contributed by atoms with E-state index in [4.69, 9.17) is 4.74 Å². The number of aromatic nitrogens is 1. The topological polar surface area (TPSA) is 71.5 Å². The summed E-state index contributed by atoms with van der Waals surface area (Å²) >= 11 is 3.79. The number of pyridine rings is 1. The van der Waals surface area contributed by atoms with E-state index in [0.717, 1.165) is 18.0 Å². The molecule has 1 unspecified atom stereocenters. The van der Waals surface area contributed by atoms with Gasteiger partial charge >= 0.3 is 12.3 Å². The standard InChI is InChI=1S/C20H24F3N3O3.C2H6S/c1-19(2,3)29-18(28)25-15-5-4-12(9-15)17(27)26-7-6-16-13(11-26)8-14(10-24-16)20(21,22)23;1-2-3/h4-5,8,10,12,15H,6-7,9,11H2,1-3H3,(H,25,28);3H,2H2,1H3/t12-,15?;/m0./s1. The molecule has 0 bridgehead atoms. The smallest absolute Gasteiger partial charge is 0.417 e.